The second-order valence-electron chi connectivity index (χ2n) is 4.06. The van der Waals surface area contributed by atoms with Crippen molar-refractivity contribution in [3.05, 3.63) is 46.3 Å². The van der Waals surface area contributed by atoms with Crippen LogP contribution < -0.4 is 5.73 Å². The molecule has 1 heterocycles. The third-order valence-electron chi connectivity index (χ3n) is 2.67. The van der Waals surface area contributed by atoms with Crippen LogP contribution in [0, 0.1) is 6.92 Å². The third-order valence-corrected chi connectivity index (χ3v) is 3.98. The van der Waals surface area contributed by atoms with Gasteiger partial charge in [0, 0.05) is 23.4 Å². The van der Waals surface area contributed by atoms with E-state index in [2.05, 4.69) is 37.3 Å². The third kappa shape index (κ3) is 2.75. The summed E-state index contributed by atoms with van der Waals surface area (Å²) in [6, 6.07) is 10.6. The number of ether oxygens (including phenoxy) is 1. The minimum absolute atomic E-state index is 0.614. The van der Waals surface area contributed by atoms with Crippen LogP contribution in [-0.4, -0.2) is 7.11 Å². The quantitative estimate of drug-likeness (QED) is 0.899. The minimum atomic E-state index is 0.614. The lowest BCUT2D eigenvalue weighted by Gasteiger charge is -2.04. The summed E-state index contributed by atoms with van der Waals surface area (Å²) in [5, 5.41) is 0. The number of methoxy groups -OCH3 is 1. The van der Waals surface area contributed by atoms with Gasteiger partial charge in [0.05, 0.1) is 6.61 Å². The van der Waals surface area contributed by atoms with E-state index in [1.807, 2.05) is 0 Å². The summed E-state index contributed by atoms with van der Waals surface area (Å²) in [5.41, 5.74) is 9.43. The standard InChI is InChI=1S/C14H17NOS/c1-10-6-13(8-15)17-14(10)12-5-3-4-11(7-12)9-16-2/h3-7H,8-9,15H2,1-2H3. The fourth-order valence-corrected chi connectivity index (χ4v) is 2.95. The molecule has 1 aromatic carbocycles. The van der Waals surface area contributed by atoms with Gasteiger partial charge in [-0.1, -0.05) is 18.2 Å². The van der Waals surface area contributed by atoms with Crippen molar-refractivity contribution in [1.82, 2.24) is 0 Å². The first-order valence-electron chi connectivity index (χ1n) is 5.62. The zero-order valence-electron chi connectivity index (χ0n) is 10.2. The van der Waals surface area contributed by atoms with Gasteiger partial charge in [-0.05, 0) is 35.7 Å². The number of rotatable bonds is 4. The van der Waals surface area contributed by atoms with Gasteiger partial charge in [0.1, 0.15) is 0 Å². The summed E-state index contributed by atoms with van der Waals surface area (Å²) in [6.07, 6.45) is 0. The van der Waals surface area contributed by atoms with Gasteiger partial charge in [-0.15, -0.1) is 11.3 Å². The summed E-state index contributed by atoms with van der Waals surface area (Å²) in [4.78, 5) is 2.54. The topological polar surface area (TPSA) is 35.2 Å². The van der Waals surface area contributed by atoms with Crippen LogP contribution in [0.15, 0.2) is 30.3 Å². The van der Waals surface area contributed by atoms with E-state index >= 15 is 0 Å². The zero-order chi connectivity index (χ0) is 12.3. The maximum absolute atomic E-state index is 5.68. The van der Waals surface area contributed by atoms with Crippen LogP contribution in [0.1, 0.15) is 16.0 Å². The molecule has 0 saturated heterocycles. The Morgan fingerprint density at radius 2 is 2.12 bits per heavy atom. The first-order valence-corrected chi connectivity index (χ1v) is 6.44. The largest absolute Gasteiger partial charge is 0.380 e. The van der Waals surface area contributed by atoms with E-state index in [9.17, 15) is 0 Å². The van der Waals surface area contributed by atoms with Crippen LogP contribution in [-0.2, 0) is 17.9 Å². The van der Waals surface area contributed by atoms with Crippen LogP contribution in [0.5, 0.6) is 0 Å². The summed E-state index contributed by atoms with van der Waals surface area (Å²) in [7, 11) is 1.72. The van der Waals surface area contributed by atoms with Gasteiger partial charge in [-0.25, -0.2) is 0 Å². The molecule has 0 aliphatic carbocycles. The smallest absolute Gasteiger partial charge is 0.0713 e. The number of thiophene rings is 1. The highest BCUT2D eigenvalue weighted by Gasteiger charge is 2.07. The van der Waals surface area contributed by atoms with Crippen molar-refractivity contribution in [3.8, 4) is 10.4 Å². The molecule has 2 nitrogen and oxygen atoms in total. The Hall–Kier alpha value is -1.16. The highest BCUT2D eigenvalue weighted by Crippen LogP contribution is 2.32. The first-order chi connectivity index (χ1) is 8.24. The fourth-order valence-electron chi connectivity index (χ4n) is 1.90. The molecule has 1 aromatic heterocycles. The van der Waals surface area contributed by atoms with E-state index in [4.69, 9.17) is 10.5 Å². The van der Waals surface area contributed by atoms with E-state index in [1.165, 1.54) is 26.4 Å². The Morgan fingerprint density at radius 1 is 1.29 bits per heavy atom. The van der Waals surface area contributed by atoms with Gasteiger partial charge >= 0.3 is 0 Å². The lowest BCUT2D eigenvalue weighted by molar-refractivity contribution is 0.185. The minimum Gasteiger partial charge on any atom is -0.380 e. The highest BCUT2D eigenvalue weighted by molar-refractivity contribution is 7.15. The molecule has 0 unspecified atom stereocenters. The predicted molar refractivity (Wildman–Crippen MR) is 73.1 cm³/mol. The SMILES string of the molecule is COCc1cccc(-c2sc(CN)cc2C)c1. The van der Waals surface area contributed by atoms with Gasteiger partial charge in [0.2, 0.25) is 0 Å². The Bertz CT molecular complexity index is 505. The summed E-state index contributed by atoms with van der Waals surface area (Å²) >= 11 is 1.77. The highest BCUT2D eigenvalue weighted by atomic mass is 32.1. The molecule has 2 rings (SSSR count). The lowest BCUT2D eigenvalue weighted by atomic mass is 10.1. The molecule has 0 spiro atoms. The molecule has 0 aliphatic heterocycles. The molecule has 2 aromatic rings. The van der Waals surface area contributed by atoms with Crippen molar-refractivity contribution in [2.75, 3.05) is 7.11 Å². The van der Waals surface area contributed by atoms with E-state index in [-0.39, 0.29) is 0 Å². The van der Waals surface area contributed by atoms with E-state index in [0.29, 0.717) is 13.2 Å². The maximum Gasteiger partial charge on any atom is 0.0713 e. The van der Waals surface area contributed by atoms with Crippen LogP contribution in [0.4, 0.5) is 0 Å². The molecular formula is C14H17NOS. The van der Waals surface area contributed by atoms with Crippen molar-refractivity contribution in [3.63, 3.8) is 0 Å². The summed E-state index contributed by atoms with van der Waals surface area (Å²) in [6.45, 7) is 3.40. The Labute approximate surface area is 106 Å². The van der Waals surface area contributed by atoms with Gasteiger partial charge in [-0.3, -0.25) is 0 Å². The molecular weight excluding hydrogens is 230 g/mol. The Kier molecular flexibility index (Phi) is 3.94. The average molecular weight is 247 g/mol. The van der Waals surface area contributed by atoms with Crippen molar-refractivity contribution < 1.29 is 4.74 Å². The molecule has 0 radical (unpaired) electrons. The normalized spacial score (nSPS) is 10.8. The van der Waals surface area contributed by atoms with Gasteiger partial charge in [-0.2, -0.15) is 0 Å². The monoisotopic (exact) mass is 247 g/mol. The molecule has 17 heavy (non-hydrogen) atoms. The van der Waals surface area contributed by atoms with Crippen LogP contribution in [0.3, 0.4) is 0 Å². The fraction of sp³-hybridized carbons (Fsp3) is 0.286. The van der Waals surface area contributed by atoms with Crippen molar-refractivity contribution in [1.29, 1.82) is 0 Å². The zero-order valence-corrected chi connectivity index (χ0v) is 11.0. The molecule has 0 amide bonds. The molecule has 0 fully saturated rings. The number of benzene rings is 1. The first kappa shape index (κ1) is 12.3. The number of nitrogens with two attached hydrogens (primary N) is 1. The Balaban J connectivity index is 2.37. The second-order valence-corrected chi connectivity index (χ2v) is 5.20. The molecule has 0 aliphatic rings. The predicted octanol–water partition coefficient (Wildman–Crippen LogP) is 3.33. The van der Waals surface area contributed by atoms with Crippen molar-refractivity contribution in [2.45, 2.75) is 20.1 Å². The number of aryl methyl sites for hydroxylation is 1. The summed E-state index contributed by atoms with van der Waals surface area (Å²) < 4.78 is 5.16. The molecule has 0 bridgehead atoms. The van der Waals surface area contributed by atoms with Crippen molar-refractivity contribution >= 4 is 11.3 Å². The molecule has 2 N–H and O–H groups in total. The number of hydrogen-bond donors (Lipinski definition) is 1. The van der Waals surface area contributed by atoms with Crippen LogP contribution in [0.2, 0.25) is 0 Å². The number of hydrogen-bond acceptors (Lipinski definition) is 3. The van der Waals surface area contributed by atoms with E-state index in [1.54, 1.807) is 18.4 Å². The van der Waals surface area contributed by atoms with Gasteiger partial charge < -0.3 is 10.5 Å². The second kappa shape index (κ2) is 5.45. The molecule has 0 saturated carbocycles. The van der Waals surface area contributed by atoms with Gasteiger partial charge in [0.25, 0.3) is 0 Å². The van der Waals surface area contributed by atoms with E-state index in [0.717, 1.165) is 0 Å². The van der Waals surface area contributed by atoms with E-state index < -0.39 is 0 Å². The summed E-state index contributed by atoms with van der Waals surface area (Å²) in [5.74, 6) is 0. The van der Waals surface area contributed by atoms with Crippen LogP contribution >= 0.6 is 11.3 Å². The molecule has 90 valence electrons. The Morgan fingerprint density at radius 3 is 2.76 bits per heavy atom. The van der Waals surface area contributed by atoms with Crippen molar-refractivity contribution in [2.24, 2.45) is 5.73 Å². The van der Waals surface area contributed by atoms with Crippen LogP contribution in [0.25, 0.3) is 10.4 Å². The van der Waals surface area contributed by atoms with Gasteiger partial charge in [0.15, 0.2) is 0 Å². The average Bonchev–Trinajstić information content (AvgIpc) is 2.71. The lowest BCUT2D eigenvalue weighted by Crippen LogP contribution is -1.91. The molecule has 0 atom stereocenters. The molecule has 3 heteroatoms. The maximum atomic E-state index is 5.68.